The van der Waals surface area contributed by atoms with E-state index in [1.54, 1.807) is 0 Å². The molecule has 3 nitrogen and oxygen atoms in total. The summed E-state index contributed by atoms with van der Waals surface area (Å²) in [5.41, 5.74) is 3.29. The fourth-order valence-corrected chi connectivity index (χ4v) is 2.44. The van der Waals surface area contributed by atoms with Crippen LogP contribution in [-0.4, -0.2) is 23.9 Å². The number of rotatable bonds is 8. The maximum Gasteiger partial charge on any atom is 0.238 e. The monoisotopic (exact) mass is 308 g/mol. The zero-order chi connectivity index (χ0) is 16.5. The number of aryl methyl sites for hydroxylation is 1. The van der Waals surface area contributed by atoms with Gasteiger partial charge >= 0.3 is 0 Å². The van der Waals surface area contributed by atoms with E-state index in [2.05, 4.69) is 35.9 Å². The molecule has 0 aromatic heterocycles. The molecule has 120 valence electrons. The number of nitrogens with zero attached hydrogens (tertiary/aromatic N) is 1. The molecule has 0 aliphatic heterocycles. The van der Waals surface area contributed by atoms with Crippen LogP contribution in [0.15, 0.2) is 67.3 Å². The Labute approximate surface area is 138 Å². The van der Waals surface area contributed by atoms with Gasteiger partial charge in [-0.05, 0) is 29.7 Å². The van der Waals surface area contributed by atoms with Gasteiger partial charge < -0.3 is 5.32 Å². The highest BCUT2D eigenvalue weighted by atomic mass is 16.2. The lowest BCUT2D eigenvalue weighted by Crippen LogP contribution is -2.33. The highest BCUT2D eigenvalue weighted by molar-refractivity contribution is 5.92. The minimum atomic E-state index is -0.00738. The second-order valence-electron chi connectivity index (χ2n) is 5.54. The zero-order valence-corrected chi connectivity index (χ0v) is 13.7. The molecule has 1 N–H and O–H groups in total. The van der Waals surface area contributed by atoms with Crippen LogP contribution in [0.25, 0.3) is 0 Å². The number of amides is 1. The second kappa shape index (κ2) is 8.91. The summed E-state index contributed by atoms with van der Waals surface area (Å²) in [4.78, 5) is 14.3. The molecule has 0 aliphatic carbocycles. The van der Waals surface area contributed by atoms with Gasteiger partial charge in [0.1, 0.15) is 0 Å². The lowest BCUT2D eigenvalue weighted by Gasteiger charge is -2.20. The standard InChI is InChI=1S/C20H24N2O/c1-3-14-22(15-18-8-6-5-7-9-18)16-20(23)21-19-12-10-17(4-2)11-13-19/h3,5-13H,1,4,14-16H2,2H3,(H,21,23). The highest BCUT2D eigenvalue weighted by Crippen LogP contribution is 2.10. The zero-order valence-electron chi connectivity index (χ0n) is 13.7. The van der Waals surface area contributed by atoms with E-state index >= 15 is 0 Å². The van der Waals surface area contributed by atoms with Gasteiger partial charge in [0.15, 0.2) is 0 Å². The molecule has 23 heavy (non-hydrogen) atoms. The minimum Gasteiger partial charge on any atom is -0.325 e. The first-order chi connectivity index (χ1) is 11.2. The largest absolute Gasteiger partial charge is 0.325 e. The lowest BCUT2D eigenvalue weighted by atomic mass is 10.1. The van der Waals surface area contributed by atoms with Crippen LogP contribution < -0.4 is 5.32 Å². The van der Waals surface area contributed by atoms with E-state index in [0.29, 0.717) is 13.1 Å². The van der Waals surface area contributed by atoms with Gasteiger partial charge in [-0.1, -0.05) is 55.5 Å². The molecule has 2 aromatic carbocycles. The smallest absolute Gasteiger partial charge is 0.238 e. The van der Waals surface area contributed by atoms with Crippen molar-refractivity contribution in [3.8, 4) is 0 Å². The third kappa shape index (κ3) is 5.72. The number of hydrogen-bond acceptors (Lipinski definition) is 2. The minimum absolute atomic E-state index is 0.00738. The van der Waals surface area contributed by atoms with E-state index in [9.17, 15) is 4.79 Å². The summed E-state index contributed by atoms with van der Waals surface area (Å²) in [5.74, 6) is -0.00738. The summed E-state index contributed by atoms with van der Waals surface area (Å²) in [6.07, 6.45) is 2.82. The summed E-state index contributed by atoms with van der Waals surface area (Å²) in [6.45, 7) is 7.65. The summed E-state index contributed by atoms with van der Waals surface area (Å²) < 4.78 is 0. The molecular weight excluding hydrogens is 284 g/mol. The van der Waals surface area contributed by atoms with Gasteiger partial charge in [0.2, 0.25) is 5.91 Å². The van der Waals surface area contributed by atoms with E-state index in [1.807, 2.05) is 48.5 Å². The first kappa shape index (κ1) is 17.0. The van der Waals surface area contributed by atoms with Crippen molar-refractivity contribution in [3.63, 3.8) is 0 Å². The number of nitrogens with one attached hydrogen (secondary N) is 1. The highest BCUT2D eigenvalue weighted by Gasteiger charge is 2.10. The molecule has 0 aliphatic rings. The Bertz CT molecular complexity index is 620. The van der Waals surface area contributed by atoms with Gasteiger partial charge in [0.25, 0.3) is 0 Å². The predicted molar refractivity (Wildman–Crippen MR) is 96.4 cm³/mol. The third-order valence-corrected chi connectivity index (χ3v) is 3.65. The van der Waals surface area contributed by atoms with Crippen LogP contribution in [0.5, 0.6) is 0 Å². The summed E-state index contributed by atoms with van der Waals surface area (Å²) >= 11 is 0. The summed E-state index contributed by atoms with van der Waals surface area (Å²) in [6, 6.07) is 18.1. The van der Waals surface area contributed by atoms with Crippen LogP contribution in [0.1, 0.15) is 18.1 Å². The SMILES string of the molecule is C=CCN(CC(=O)Nc1ccc(CC)cc1)Cc1ccccc1. The van der Waals surface area contributed by atoms with E-state index in [-0.39, 0.29) is 5.91 Å². The van der Waals surface area contributed by atoms with Crippen LogP contribution in [0.4, 0.5) is 5.69 Å². The van der Waals surface area contributed by atoms with Crippen LogP contribution >= 0.6 is 0 Å². The molecule has 2 aromatic rings. The van der Waals surface area contributed by atoms with Crippen molar-refractivity contribution in [1.82, 2.24) is 4.90 Å². The maximum absolute atomic E-state index is 12.3. The third-order valence-electron chi connectivity index (χ3n) is 3.65. The van der Waals surface area contributed by atoms with Crippen LogP contribution in [0.3, 0.4) is 0 Å². The molecule has 0 fully saturated rings. The fourth-order valence-electron chi connectivity index (χ4n) is 2.44. The van der Waals surface area contributed by atoms with Crippen molar-refractivity contribution >= 4 is 11.6 Å². The average Bonchev–Trinajstić information content (AvgIpc) is 2.56. The average molecular weight is 308 g/mol. The Morgan fingerprint density at radius 1 is 1.09 bits per heavy atom. The number of benzene rings is 2. The van der Waals surface area contributed by atoms with E-state index in [0.717, 1.165) is 18.7 Å². The molecule has 3 heteroatoms. The predicted octanol–water partition coefficient (Wildman–Crippen LogP) is 3.88. The van der Waals surface area contributed by atoms with Gasteiger partial charge in [-0.3, -0.25) is 9.69 Å². The number of carbonyl (C=O) groups excluding carboxylic acids is 1. The Morgan fingerprint density at radius 2 is 1.78 bits per heavy atom. The van der Waals surface area contributed by atoms with Gasteiger partial charge in [-0.25, -0.2) is 0 Å². The first-order valence-electron chi connectivity index (χ1n) is 7.97. The molecule has 1 amide bonds. The van der Waals surface area contributed by atoms with Crippen molar-refractivity contribution in [3.05, 3.63) is 78.4 Å². The normalized spacial score (nSPS) is 10.5. The fraction of sp³-hybridized carbons (Fsp3) is 0.250. The molecule has 0 bridgehead atoms. The van der Waals surface area contributed by atoms with Crippen LogP contribution in [-0.2, 0) is 17.8 Å². The lowest BCUT2D eigenvalue weighted by molar-refractivity contribution is -0.117. The Morgan fingerprint density at radius 3 is 2.39 bits per heavy atom. The first-order valence-corrected chi connectivity index (χ1v) is 7.97. The molecule has 0 atom stereocenters. The van der Waals surface area contributed by atoms with Crippen molar-refractivity contribution in [2.75, 3.05) is 18.4 Å². The molecular formula is C20H24N2O. The van der Waals surface area contributed by atoms with Crippen molar-refractivity contribution in [2.24, 2.45) is 0 Å². The Balaban J connectivity index is 1.92. The van der Waals surface area contributed by atoms with Crippen molar-refractivity contribution < 1.29 is 4.79 Å². The second-order valence-corrected chi connectivity index (χ2v) is 5.54. The molecule has 2 rings (SSSR count). The molecule has 0 spiro atoms. The van der Waals surface area contributed by atoms with E-state index < -0.39 is 0 Å². The van der Waals surface area contributed by atoms with Gasteiger partial charge in [0, 0.05) is 18.8 Å². The molecule has 0 radical (unpaired) electrons. The maximum atomic E-state index is 12.3. The Hall–Kier alpha value is -2.39. The Kier molecular flexibility index (Phi) is 6.57. The molecule has 0 saturated carbocycles. The summed E-state index contributed by atoms with van der Waals surface area (Å²) in [7, 11) is 0. The number of carbonyl (C=O) groups is 1. The van der Waals surface area contributed by atoms with Gasteiger partial charge in [-0.15, -0.1) is 6.58 Å². The van der Waals surface area contributed by atoms with Gasteiger partial charge in [0.05, 0.1) is 6.54 Å². The van der Waals surface area contributed by atoms with Crippen LogP contribution in [0.2, 0.25) is 0 Å². The molecule has 0 unspecified atom stereocenters. The van der Waals surface area contributed by atoms with E-state index in [4.69, 9.17) is 0 Å². The van der Waals surface area contributed by atoms with Crippen molar-refractivity contribution in [2.45, 2.75) is 19.9 Å². The van der Waals surface area contributed by atoms with Gasteiger partial charge in [-0.2, -0.15) is 0 Å². The van der Waals surface area contributed by atoms with Crippen molar-refractivity contribution in [1.29, 1.82) is 0 Å². The van der Waals surface area contributed by atoms with E-state index in [1.165, 1.54) is 11.1 Å². The van der Waals surface area contributed by atoms with Crippen LogP contribution in [0, 0.1) is 0 Å². The quantitative estimate of drug-likeness (QED) is 0.751. The number of hydrogen-bond donors (Lipinski definition) is 1. The molecule has 0 heterocycles. The summed E-state index contributed by atoms with van der Waals surface area (Å²) in [5, 5.41) is 2.95. The topological polar surface area (TPSA) is 32.3 Å². The number of anilines is 1. The molecule has 0 saturated heterocycles.